The number of primary amides is 1. The van der Waals surface area contributed by atoms with Crippen molar-refractivity contribution in [3.63, 3.8) is 0 Å². The van der Waals surface area contributed by atoms with Crippen LogP contribution in [0.2, 0.25) is 0 Å². The van der Waals surface area contributed by atoms with Crippen LogP contribution in [-0.4, -0.2) is 32.2 Å². The van der Waals surface area contributed by atoms with E-state index < -0.39 is 22.2 Å². The van der Waals surface area contributed by atoms with E-state index in [0.717, 1.165) is 17.5 Å². The Balaban J connectivity index is 2.11. The molecule has 0 saturated heterocycles. The first-order valence-corrected chi connectivity index (χ1v) is 10.9. The van der Waals surface area contributed by atoms with Crippen LogP contribution in [-0.2, 0) is 22.3 Å². The first-order chi connectivity index (χ1) is 14.2. The molecule has 2 aromatic rings. The summed E-state index contributed by atoms with van der Waals surface area (Å²) in [6.07, 6.45) is 1.07. The zero-order valence-electron chi connectivity index (χ0n) is 17.1. The predicted octanol–water partition coefficient (Wildman–Crippen LogP) is 2.55. The smallest absolute Gasteiger partial charge is 0.255 e. The molecule has 0 aliphatic carbocycles. The van der Waals surface area contributed by atoms with Crippen LogP contribution in [0.1, 0.15) is 59.0 Å². The minimum absolute atomic E-state index is 0.0802. The average molecular weight is 432 g/mol. The molecule has 2 unspecified atom stereocenters. The second-order valence-corrected chi connectivity index (χ2v) is 8.72. The number of amides is 2. The summed E-state index contributed by atoms with van der Waals surface area (Å²) in [6, 6.07) is 11.7. The summed E-state index contributed by atoms with van der Waals surface area (Å²) in [7, 11) is 0. The predicted molar refractivity (Wildman–Crippen MR) is 115 cm³/mol. The molecule has 0 aromatic heterocycles. The van der Waals surface area contributed by atoms with Gasteiger partial charge in [0, 0.05) is 13.0 Å². The van der Waals surface area contributed by atoms with E-state index in [0.29, 0.717) is 24.4 Å². The summed E-state index contributed by atoms with van der Waals surface area (Å²) in [5.74, 6) is -0.618. The van der Waals surface area contributed by atoms with Crippen molar-refractivity contribution in [2.75, 3.05) is 6.54 Å². The lowest BCUT2D eigenvalue weighted by Gasteiger charge is -2.19. The maximum absolute atomic E-state index is 12.4. The van der Waals surface area contributed by atoms with Gasteiger partial charge in [0.1, 0.15) is 5.75 Å². The summed E-state index contributed by atoms with van der Waals surface area (Å²) in [5, 5.41) is 11.9. The molecule has 2 amide bonds. The number of benzene rings is 2. The van der Waals surface area contributed by atoms with E-state index in [1.54, 1.807) is 36.4 Å². The van der Waals surface area contributed by atoms with Gasteiger partial charge in [-0.2, -0.15) is 0 Å². The summed E-state index contributed by atoms with van der Waals surface area (Å²) in [6.45, 7) is 4.68. The molecule has 0 heterocycles. The summed E-state index contributed by atoms with van der Waals surface area (Å²) in [5.41, 5.74) is 7.56. The average Bonchev–Trinajstić information content (AvgIpc) is 2.67. The van der Waals surface area contributed by atoms with E-state index >= 15 is 0 Å². The van der Waals surface area contributed by atoms with E-state index in [1.807, 2.05) is 0 Å². The van der Waals surface area contributed by atoms with Crippen LogP contribution in [0.25, 0.3) is 0 Å². The van der Waals surface area contributed by atoms with E-state index in [9.17, 15) is 23.5 Å². The molecule has 0 aliphatic rings. The molecule has 0 bridgehead atoms. The summed E-state index contributed by atoms with van der Waals surface area (Å²) < 4.78 is 22.8. The van der Waals surface area contributed by atoms with Crippen molar-refractivity contribution in [1.82, 2.24) is 5.32 Å². The number of hydrogen-bond donors (Lipinski definition) is 3. The van der Waals surface area contributed by atoms with E-state index in [2.05, 4.69) is 19.2 Å². The molecule has 0 saturated carbocycles. The third-order valence-corrected chi connectivity index (χ3v) is 5.59. The Morgan fingerprint density at radius 1 is 1.13 bits per heavy atom. The number of rotatable bonds is 10. The minimum atomic E-state index is -2.46. The van der Waals surface area contributed by atoms with E-state index in [4.69, 9.17) is 5.73 Å². The Labute approximate surface area is 179 Å². The van der Waals surface area contributed by atoms with Gasteiger partial charge in [0.25, 0.3) is 5.91 Å². The normalized spacial score (nSPS) is 13.1. The highest BCUT2D eigenvalue weighted by Gasteiger charge is 2.16. The monoisotopic (exact) mass is 431 g/mol. The molecule has 162 valence electrons. The largest absolute Gasteiger partial charge is 0.772 e. The van der Waals surface area contributed by atoms with Gasteiger partial charge >= 0.3 is 0 Å². The molecule has 7 nitrogen and oxygen atoms in total. The topological polar surface area (TPSA) is 133 Å². The number of nitrogens with two attached hydrogens (primary N) is 1. The van der Waals surface area contributed by atoms with Gasteiger partial charge in [-0.1, -0.05) is 44.2 Å². The van der Waals surface area contributed by atoms with Crippen molar-refractivity contribution in [1.29, 1.82) is 0 Å². The lowest BCUT2D eigenvalue weighted by molar-refractivity contribution is -0.118. The number of carbonyl (C=O) groups excluding carboxylic acids is 2. The number of nitrogens with one attached hydrogen (secondary N) is 1. The van der Waals surface area contributed by atoms with Crippen LogP contribution in [0.4, 0.5) is 0 Å². The van der Waals surface area contributed by atoms with Crippen molar-refractivity contribution in [2.24, 2.45) is 11.7 Å². The van der Waals surface area contributed by atoms with Gasteiger partial charge in [0.15, 0.2) is 0 Å². The van der Waals surface area contributed by atoms with Gasteiger partial charge in [-0.3, -0.25) is 13.8 Å². The molecule has 2 aromatic carbocycles. The maximum atomic E-state index is 12.4. The second-order valence-electron chi connectivity index (χ2n) is 7.63. The fourth-order valence-electron chi connectivity index (χ4n) is 3.01. The zero-order chi connectivity index (χ0) is 22.3. The van der Waals surface area contributed by atoms with E-state index in [1.165, 1.54) is 6.07 Å². The first kappa shape index (κ1) is 23.6. The van der Waals surface area contributed by atoms with Gasteiger partial charge in [-0.25, -0.2) is 0 Å². The van der Waals surface area contributed by atoms with Crippen molar-refractivity contribution in [3.05, 3.63) is 64.7 Å². The SMILES string of the molecule is CC(C)CCNC(=O)c1cc(Cc2ccc(C(CC(N)=O)S(=O)[O-])cc2)ccc1O. The van der Waals surface area contributed by atoms with Crippen LogP contribution >= 0.6 is 0 Å². The number of phenolic OH excluding ortho intramolecular Hbond substituents is 1. The zero-order valence-corrected chi connectivity index (χ0v) is 17.9. The number of hydrogen-bond acceptors (Lipinski definition) is 5. The molecule has 0 aliphatic heterocycles. The molecule has 8 heteroatoms. The standard InChI is InChI=1S/C22H28N2O5S/c1-14(2)9-10-24-22(27)18-12-16(5-8-19(18)25)11-15-3-6-17(7-4-15)20(30(28)29)13-21(23)26/h3-8,12,14,20,25H,9-11,13H2,1-2H3,(H2,23,26)(H,24,27)(H,28,29)/p-1. The van der Waals surface area contributed by atoms with Crippen LogP contribution < -0.4 is 11.1 Å². The lowest BCUT2D eigenvalue weighted by atomic mass is 9.99. The van der Waals surface area contributed by atoms with Gasteiger partial charge < -0.3 is 20.7 Å². The molecule has 0 spiro atoms. The van der Waals surface area contributed by atoms with Crippen LogP contribution in [0.15, 0.2) is 42.5 Å². The Morgan fingerprint density at radius 3 is 2.33 bits per heavy atom. The first-order valence-electron chi connectivity index (χ1n) is 9.72. The highest BCUT2D eigenvalue weighted by molar-refractivity contribution is 7.79. The maximum Gasteiger partial charge on any atom is 0.255 e. The fraction of sp³-hybridized carbons (Fsp3) is 0.364. The third kappa shape index (κ3) is 6.96. The quantitative estimate of drug-likeness (QED) is 0.497. The number of phenols is 1. The molecular formula is C22H27N2O5S-. The van der Waals surface area contributed by atoms with Gasteiger partial charge in [-0.15, -0.1) is 0 Å². The lowest BCUT2D eigenvalue weighted by Crippen LogP contribution is -2.25. The molecule has 0 fully saturated rings. The molecule has 4 N–H and O–H groups in total. The highest BCUT2D eigenvalue weighted by Crippen LogP contribution is 2.25. The van der Waals surface area contributed by atoms with Crippen LogP contribution in [0.5, 0.6) is 5.75 Å². The summed E-state index contributed by atoms with van der Waals surface area (Å²) >= 11 is -2.46. The Bertz CT molecular complexity index is 912. The fourth-order valence-corrected chi connectivity index (χ4v) is 3.69. The Morgan fingerprint density at radius 2 is 1.77 bits per heavy atom. The highest BCUT2D eigenvalue weighted by atomic mass is 32.2. The van der Waals surface area contributed by atoms with Crippen molar-refractivity contribution < 1.29 is 23.5 Å². The van der Waals surface area contributed by atoms with Crippen molar-refractivity contribution in [3.8, 4) is 5.75 Å². The molecule has 2 rings (SSSR count). The van der Waals surface area contributed by atoms with Crippen molar-refractivity contribution in [2.45, 2.75) is 38.4 Å². The van der Waals surface area contributed by atoms with E-state index in [-0.39, 0.29) is 23.6 Å². The second kappa shape index (κ2) is 10.9. The number of aromatic hydroxyl groups is 1. The molecule has 2 atom stereocenters. The van der Waals surface area contributed by atoms with Crippen molar-refractivity contribution >= 4 is 22.9 Å². The summed E-state index contributed by atoms with van der Waals surface area (Å²) in [4.78, 5) is 23.5. The van der Waals surface area contributed by atoms with Crippen LogP contribution in [0.3, 0.4) is 0 Å². The van der Waals surface area contributed by atoms with Gasteiger partial charge in [-0.05, 0) is 58.7 Å². The molecule has 0 radical (unpaired) electrons. The molecular weight excluding hydrogens is 404 g/mol. The van der Waals surface area contributed by atoms with Crippen LogP contribution in [0, 0.1) is 5.92 Å². The third-order valence-electron chi connectivity index (χ3n) is 4.69. The van der Waals surface area contributed by atoms with Gasteiger partial charge in [0.2, 0.25) is 5.91 Å². The molecule has 30 heavy (non-hydrogen) atoms. The van der Waals surface area contributed by atoms with Gasteiger partial charge in [0.05, 0.1) is 10.8 Å². The minimum Gasteiger partial charge on any atom is -0.772 e. The Kier molecular flexibility index (Phi) is 8.56. The number of carbonyl (C=O) groups is 2. The Hall–Kier alpha value is -2.71.